The second-order valence-electron chi connectivity index (χ2n) is 5.43. The van der Waals surface area contributed by atoms with Crippen molar-refractivity contribution in [2.24, 2.45) is 5.41 Å². The molecule has 18 heavy (non-hydrogen) atoms. The van der Waals surface area contributed by atoms with Gasteiger partial charge in [0, 0.05) is 13.1 Å². The van der Waals surface area contributed by atoms with Crippen molar-refractivity contribution in [1.29, 1.82) is 0 Å². The van der Waals surface area contributed by atoms with E-state index in [1.807, 2.05) is 0 Å². The summed E-state index contributed by atoms with van der Waals surface area (Å²) >= 11 is 5.88. The Bertz CT molecular complexity index is 421. The van der Waals surface area contributed by atoms with Gasteiger partial charge in [-0.05, 0) is 29.9 Å². The van der Waals surface area contributed by atoms with Crippen molar-refractivity contribution in [2.75, 3.05) is 17.7 Å². The fourth-order valence-electron chi connectivity index (χ4n) is 2.44. The molecule has 1 fully saturated rings. The minimum atomic E-state index is 0.213. The Kier molecular flexibility index (Phi) is 3.90. The monoisotopic (exact) mass is 269 g/mol. The number of aromatic nitrogens is 3. The maximum atomic E-state index is 5.88. The quantitative estimate of drug-likeness (QED) is 0.883. The average molecular weight is 270 g/mol. The van der Waals surface area contributed by atoms with Crippen LogP contribution < -0.4 is 10.6 Å². The lowest BCUT2D eigenvalue weighted by atomic mass is 9.73. The lowest BCUT2D eigenvalue weighted by molar-refractivity contribution is 0.216. The fraction of sp³-hybridized carbons (Fsp3) is 0.750. The molecule has 5 nitrogen and oxygen atoms in total. The minimum absolute atomic E-state index is 0.213. The Balaban J connectivity index is 2.15. The molecular weight excluding hydrogens is 250 g/mol. The largest absolute Gasteiger partial charge is 0.357 e. The molecule has 1 unspecified atom stereocenters. The minimum Gasteiger partial charge on any atom is -0.357 e. The molecule has 6 heteroatoms. The highest BCUT2D eigenvalue weighted by atomic mass is 35.5. The van der Waals surface area contributed by atoms with Gasteiger partial charge >= 0.3 is 0 Å². The van der Waals surface area contributed by atoms with E-state index in [0.29, 0.717) is 17.9 Å². The highest BCUT2D eigenvalue weighted by Gasteiger charge is 2.32. The van der Waals surface area contributed by atoms with Gasteiger partial charge in [0.05, 0.1) is 0 Å². The second-order valence-corrected chi connectivity index (χ2v) is 5.77. The SMILES string of the molecule is CNc1nc(Cl)nc(NC2CCCCC2(C)C)n1. The highest BCUT2D eigenvalue weighted by molar-refractivity contribution is 6.28. The Morgan fingerprint density at radius 1 is 1.17 bits per heavy atom. The van der Waals surface area contributed by atoms with Gasteiger partial charge in [0.25, 0.3) is 0 Å². The molecular formula is C12H20ClN5. The highest BCUT2D eigenvalue weighted by Crippen LogP contribution is 2.36. The van der Waals surface area contributed by atoms with E-state index in [1.165, 1.54) is 19.3 Å². The molecule has 1 atom stereocenters. The normalized spacial score (nSPS) is 22.6. The number of hydrogen-bond donors (Lipinski definition) is 2. The summed E-state index contributed by atoms with van der Waals surface area (Å²) in [6.45, 7) is 4.57. The van der Waals surface area contributed by atoms with Crippen LogP contribution in [0.1, 0.15) is 39.5 Å². The van der Waals surface area contributed by atoms with Crippen molar-refractivity contribution < 1.29 is 0 Å². The Hall–Kier alpha value is -1.10. The molecule has 1 aliphatic carbocycles. The van der Waals surface area contributed by atoms with Crippen molar-refractivity contribution >= 4 is 23.5 Å². The fourth-order valence-corrected chi connectivity index (χ4v) is 2.60. The van der Waals surface area contributed by atoms with Crippen molar-refractivity contribution in [3.05, 3.63) is 5.28 Å². The number of nitrogens with one attached hydrogen (secondary N) is 2. The van der Waals surface area contributed by atoms with Gasteiger partial charge in [-0.3, -0.25) is 0 Å². The first-order chi connectivity index (χ1) is 8.51. The Labute approximate surface area is 113 Å². The Morgan fingerprint density at radius 3 is 2.56 bits per heavy atom. The summed E-state index contributed by atoms with van der Waals surface area (Å²) < 4.78 is 0. The summed E-state index contributed by atoms with van der Waals surface area (Å²) in [5.74, 6) is 1.05. The Morgan fingerprint density at radius 2 is 1.89 bits per heavy atom. The maximum absolute atomic E-state index is 5.88. The third-order valence-corrected chi connectivity index (χ3v) is 3.81. The lowest BCUT2D eigenvalue weighted by Gasteiger charge is -2.39. The van der Waals surface area contributed by atoms with Gasteiger partial charge in [0.1, 0.15) is 0 Å². The van der Waals surface area contributed by atoms with E-state index in [1.54, 1.807) is 7.05 Å². The van der Waals surface area contributed by atoms with E-state index in [0.717, 1.165) is 6.42 Å². The molecule has 1 saturated carbocycles. The standard InChI is InChI=1S/C12H20ClN5/c1-12(2)7-5-4-6-8(12)15-11-17-9(13)16-10(14-3)18-11/h8H,4-7H2,1-3H3,(H2,14,15,16,17,18). The molecule has 1 heterocycles. The first-order valence-electron chi connectivity index (χ1n) is 6.37. The topological polar surface area (TPSA) is 62.7 Å². The molecule has 0 saturated heterocycles. The summed E-state index contributed by atoms with van der Waals surface area (Å²) in [5, 5.41) is 6.49. The van der Waals surface area contributed by atoms with Crippen molar-refractivity contribution in [2.45, 2.75) is 45.6 Å². The van der Waals surface area contributed by atoms with E-state index in [2.05, 4.69) is 39.4 Å². The average Bonchev–Trinajstić information content (AvgIpc) is 2.31. The zero-order valence-electron chi connectivity index (χ0n) is 11.1. The van der Waals surface area contributed by atoms with Gasteiger partial charge in [-0.25, -0.2) is 0 Å². The molecule has 0 spiro atoms. The summed E-state index contributed by atoms with van der Waals surface area (Å²) in [6.07, 6.45) is 4.91. The number of halogens is 1. The summed E-state index contributed by atoms with van der Waals surface area (Å²) in [4.78, 5) is 12.4. The number of hydrogen-bond acceptors (Lipinski definition) is 5. The molecule has 1 aromatic rings. The number of rotatable bonds is 3. The van der Waals surface area contributed by atoms with Crippen molar-refractivity contribution in [3.8, 4) is 0 Å². The molecule has 2 N–H and O–H groups in total. The molecule has 0 amide bonds. The van der Waals surface area contributed by atoms with Gasteiger partial charge in [-0.2, -0.15) is 15.0 Å². The van der Waals surface area contributed by atoms with Crippen LogP contribution in [0.25, 0.3) is 0 Å². The van der Waals surface area contributed by atoms with E-state index in [-0.39, 0.29) is 10.7 Å². The van der Waals surface area contributed by atoms with Crippen molar-refractivity contribution in [3.63, 3.8) is 0 Å². The number of nitrogens with zero attached hydrogens (tertiary/aromatic N) is 3. The van der Waals surface area contributed by atoms with Gasteiger partial charge < -0.3 is 10.6 Å². The van der Waals surface area contributed by atoms with Crippen molar-refractivity contribution in [1.82, 2.24) is 15.0 Å². The van der Waals surface area contributed by atoms with Crippen LogP contribution in [0.2, 0.25) is 5.28 Å². The zero-order valence-corrected chi connectivity index (χ0v) is 11.9. The van der Waals surface area contributed by atoms with Crippen LogP contribution in [-0.2, 0) is 0 Å². The predicted molar refractivity (Wildman–Crippen MR) is 74.0 cm³/mol. The van der Waals surface area contributed by atoms with Crippen LogP contribution in [0, 0.1) is 5.41 Å². The first-order valence-corrected chi connectivity index (χ1v) is 6.75. The lowest BCUT2D eigenvalue weighted by Crippen LogP contribution is -2.39. The van der Waals surface area contributed by atoms with Crippen LogP contribution in [0.4, 0.5) is 11.9 Å². The van der Waals surface area contributed by atoms with Crippen LogP contribution >= 0.6 is 11.6 Å². The molecule has 1 aliphatic rings. The van der Waals surface area contributed by atoms with Gasteiger partial charge in [-0.1, -0.05) is 26.7 Å². The molecule has 0 bridgehead atoms. The van der Waals surface area contributed by atoms with Gasteiger partial charge in [0.2, 0.25) is 17.2 Å². The van der Waals surface area contributed by atoms with E-state index >= 15 is 0 Å². The third kappa shape index (κ3) is 3.02. The summed E-state index contributed by atoms with van der Waals surface area (Å²) in [5.41, 5.74) is 0.261. The molecule has 0 aromatic carbocycles. The predicted octanol–water partition coefficient (Wildman–Crippen LogP) is 2.95. The van der Waals surface area contributed by atoms with Crippen LogP contribution in [0.15, 0.2) is 0 Å². The number of anilines is 2. The van der Waals surface area contributed by atoms with E-state index < -0.39 is 0 Å². The first kappa shape index (κ1) is 13.3. The molecule has 1 aromatic heterocycles. The van der Waals surface area contributed by atoms with Gasteiger partial charge in [0.15, 0.2) is 0 Å². The molecule has 0 radical (unpaired) electrons. The summed E-state index contributed by atoms with van der Waals surface area (Å²) in [6, 6.07) is 0.384. The zero-order chi connectivity index (χ0) is 13.2. The van der Waals surface area contributed by atoms with Gasteiger partial charge in [-0.15, -0.1) is 0 Å². The van der Waals surface area contributed by atoms with E-state index in [9.17, 15) is 0 Å². The maximum Gasteiger partial charge on any atom is 0.229 e. The van der Waals surface area contributed by atoms with Crippen LogP contribution in [-0.4, -0.2) is 28.0 Å². The van der Waals surface area contributed by atoms with Crippen LogP contribution in [0.3, 0.4) is 0 Å². The molecule has 0 aliphatic heterocycles. The summed E-state index contributed by atoms with van der Waals surface area (Å²) in [7, 11) is 1.76. The third-order valence-electron chi connectivity index (χ3n) is 3.64. The second kappa shape index (κ2) is 5.26. The van der Waals surface area contributed by atoms with Crippen LogP contribution in [0.5, 0.6) is 0 Å². The molecule has 2 rings (SSSR count). The molecule has 100 valence electrons. The van der Waals surface area contributed by atoms with E-state index in [4.69, 9.17) is 11.6 Å². The smallest absolute Gasteiger partial charge is 0.229 e.